The van der Waals surface area contributed by atoms with Gasteiger partial charge in [0.05, 0.1) is 6.10 Å². The van der Waals surface area contributed by atoms with E-state index in [1.807, 2.05) is 7.05 Å². The molecule has 1 saturated heterocycles. The van der Waals surface area contributed by atoms with Crippen LogP contribution in [0.3, 0.4) is 0 Å². The van der Waals surface area contributed by atoms with E-state index < -0.39 is 0 Å². The minimum Gasteiger partial charge on any atom is -0.392 e. The first kappa shape index (κ1) is 22.0. The molecule has 2 rings (SSSR count). The van der Waals surface area contributed by atoms with E-state index in [-0.39, 0.29) is 35.5 Å². The van der Waals surface area contributed by atoms with Crippen LogP contribution in [0.2, 0.25) is 0 Å². The van der Waals surface area contributed by atoms with Crippen molar-refractivity contribution in [3.63, 3.8) is 0 Å². The standard InChI is InChI=1S/C18H36N4O.HI/c1-13(2)22-10-14(3)15(11-22)21-17(19-5)20-12-18(4)9-7-6-8-16(18)23;/h13-16,23H,6-12H2,1-5H3,(H2,19,20,21);1H. The molecule has 2 aliphatic rings. The summed E-state index contributed by atoms with van der Waals surface area (Å²) in [5, 5.41) is 17.4. The van der Waals surface area contributed by atoms with Gasteiger partial charge in [-0.1, -0.05) is 26.7 Å². The number of rotatable bonds is 4. The Kier molecular flexibility index (Phi) is 8.76. The van der Waals surface area contributed by atoms with Gasteiger partial charge in [0.1, 0.15) is 0 Å². The van der Waals surface area contributed by atoms with Gasteiger partial charge in [0.15, 0.2) is 5.96 Å². The molecule has 3 N–H and O–H groups in total. The molecule has 1 heterocycles. The van der Waals surface area contributed by atoms with Gasteiger partial charge in [0.25, 0.3) is 0 Å². The molecule has 142 valence electrons. The van der Waals surface area contributed by atoms with Gasteiger partial charge < -0.3 is 15.7 Å². The first-order chi connectivity index (χ1) is 10.9. The molecule has 0 spiro atoms. The van der Waals surface area contributed by atoms with Crippen LogP contribution in [0.5, 0.6) is 0 Å². The topological polar surface area (TPSA) is 59.9 Å². The van der Waals surface area contributed by atoms with Crippen LogP contribution in [0.4, 0.5) is 0 Å². The second-order valence-electron chi connectivity index (χ2n) is 8.12. The van der Waals surface area contributed by atoms with E-state index in [1.165, 1.54) is 6.42 Å². The Balaban J connectivity index is 0.00000288. The number of aliphatic hydroxyl groups excluding tert-OH is 1. The molecule has 4 unspecified atom stereocenters. The van der Waals surface area contributed by atoms with Crippen LogP contribution in [0, 0.1) is 11.3 Å². The summed E-state index contributed by atoms with van der Waals surface area (Å²) >= 11 is 0. The van der Waals surface area contributed by atoms with Crippen LogP contribution in [0.1, 0.15) is 53.4 Å². The minimum atomic E-state index is -0.205. The van der Waals surface area contributed by atoms with Gasteiger partial charge in [-0.25, -0.2) is 0 Å². The van der Waals surface area contributed by atoms with Crippen molar-refractivity contribution < 1.29 is 5.11 Å². The van der Waals surface area contributed by atoms with Crippen LogP contribution in [0.15, 0.2) is 4.99 Å². The van der Waals surface area contributed by atoms with Crippen LogP contribution in [0.25, 0.3) is 0 Å². The minimum absolute atomic E-state index is 0. The summed E-state index contributed by atoms with van der Waals surface area (Å²) < 4.78 is 0. The van der Waals surface area contributed by atoms with E-state index in [0.717, 1.165) is 44.9 Å². The molecule has 1 saturated carbocycles. The molecule has 0 aromatic rings. The first-order valence-corrected chi connectivity index (χ1v) is 9.25. The number of likely N-dealkylation sites (tertiary alicyclic amines) is 1. The zero-order valence-electron chi connectivity index (χ0n) is 16.0. The van der Waals surface area contributed by atoms with Crippen molar-refractivity contribution in [3.8, 4) is 0 Å². The van der Waals surface area contributed by atoms with Crippen molar-refractivity contribution in [2.24, 2.45) is 16.3 Å². The highest BCUT2D eigenvalue weighted by molar-refractivity contribution is 14.0. The summed E-state index contributed by atoms with van der Waals surface area (Å²) in [4.78, 5) is 6.91. The second kappa shape index (κ2) is 9.57. The maximum Gasteiger partial charge on any atom is 0.191 e. The molecule has 0 bridgehead atoms. The predicted octanol–water partition coefficient (Wildman–Crippen LogP) is 2.44. The van der Waals surface area contributed by atoms with Gasteiger partial charge in [0.2, 0.25) is 0 Å². The molecule has 0 aromatic heterocycles. The molecule has 1 aliphatic heterocycles. The summed E-state index contributed by atoms with van der Waals surface area (Å²) in [5.41, 5.74) is -0.0405. The van der Waals surface area contributed by atoms with Gasteiger partial charge in [-0.05, 0) is 32.6 Å². The molecule has 0 radical (unpaired) electrons. The smallest absolute Gasteiger partial charge is 0.191 e. The Morgan fingerprint density at radius 3 is 2.58 bits per heavy atom. The quantitative estimate of drug-likeness (QED) is 0.349. The number of aliphatic imine (C=N–C) groups is 1. The third-order valence-electron chi connectivity index (χ3n) is 5.86. The van der Waals surface area contributed by atoms with Gasteiger partial charge in [-0.15, -0.1) is 24.0 Å². The summed E-state index contributed by atoms with van der Waals surface area (Å²) in [7, 11) is 1.83. The first-order valence-electron chi connectivity index (χ1n) is 9.25. The highest BCUT2D eigenvalue weighted by Crippen LogP contribution is 2.35. The van der Waals surface area contributed by atoms with Gasteiger partial charge in [0, 0.05) is 44.2 Å². The number of guanidine groups is 1. The SMILES string of the molecule is CN=C(NCC1(C)CCCCC1O)NC1CN(C(C)C)CC1C.I. The predicted molar refractivity (Wildman–Crippen MR) is 112 cm³/mol. The van der Waals surface area contributed by atoms with Crippen molar-refractivity contribution in [1.82, 2.24) is 15.5 Å². The average Bonchev–Trinajstić information content (AvgIpc) is 2.88. The number of aliphatic hydroxyl groups is 1. The summed E-state index contributed by atoms with van der Waals surface area (Å²) in [6.45, 7) is 12.0. The Hall–Kier alpha value is -0.0800. The number of halogens is 1. The number of hydrogen-bond donors (Lipinski definition) is 3. The average molecular weight is 452 g/mol. The van der Waals surface area contributed by atoms with Crippen LogP contribution in [-0.2, 0) is 0 Å². The fraction of sp³-hybridized carbons (Fsp3) is 0.944. The lowest BCUT2D eigenvalue weighted by molar-refractivity contribution is 0.00395. The maximum absolute atomic E-state index is 10.3. The molecule has 0 amide bonds. The summed E-state index contributed by atoms with van der Waals surface area (Å²) in [6.07, 6.45) is 4.16. The third kappa shape index (κ3) is 5.46. The monoisotopic (exact) mass is 452 g/mol. The molecule has 4 atom stereocenters. The van der Waals surface area contributed by atoms with E-state index in [2.05, 4.69) is 48.2 Å². The van der Waals surface area contributed by atoms with Gasteiger partial charge >= 0.3 is 0 Å². The largest absolute Gasteiger partial charge is 0.392 e. The lowest BCUT2D eigenvalue weighted by atomic mass is 9.73. The molecule has 2 fully saturated rings. The zero-order valence-corrected chi connectivity index (χ0v) is 18.3. The number of hydrogen-bond acceptors (Lipinski definition) is 3. The lowest BCUT2D eigenvalue weighted by Gasteiger charge is -2.39. The van der Waals surface area contributed by atoms with Gasteiger partial charge in [-0.2, -0.15) is 0 Å². The Bertz CT molecular complexity index is 418. The molecular formula is C18H37IN4O. The molecular weight excluding hydrogens is 415 g/mol. The molecule has 5 nitrogen and oxygen atoms in total. The number of nitrogens with zero attached hydrogens (tertiary/aromatic N) is 2. The third-order valence-corrected chi connectivity index (χ3v) is 5.86. The normalized spacial score (nSPS) is 35.0. The van der Waals surface area contributed by atoms with E-state index in [9.17, 15) is 5.11 Å². The molecule has 6 heteroatoms. The summed E-state index contributed by atoms with van der Waals surface area (Å²) in [6, 6.07) is 1.03. The summed E-state index contributed by atoms with van der Waals surface area (Å²) in [5.74, 6) is 1.48. The van der Waals surface area contributed by atoms with E-state index in [1.54, 1.807) is 0 Å². The number of nitrogens with one attached hydrogen (secondary N) is 2. The maximum atomic E-state index is 10.3. The molecule has 0 aromatic carbocycles. The van der Waals surface area contributed by atoms with E-state index in [0.29, 0.717) is 18.0 Å². The van der Waals surface area contributed by atoms with Crippen LogP contribution in [-0.4, -0.2) is 60.8 Å². The highest BCUT2D eigenvalue weighted by atomic mass is 127. The van der Waals surface area contributed by atoms with Crippen molar-refractivity contribution in [2.75, 3.05) is 26.7 Å². The fourth-order valence-corrected chi connectivity index (χ4v) is 3.86. The van der Waals surface area contributed by atoms with Crippen molar-refractivity contribution >= 4 is 29.9 Å². The van der Waals surface area contributed by atoms with Crippen LogP contribution < -0.4 is 10.6 Å². The highest BCUT2D eigenvalue weighted by Gasteiger charge is 2.36. The molecule has 1 aliphatic carbocycles. The van der Waals surface area contributed by atoms with Gasteiger partial charge in [-0.3, -0.25) is 9.89 Å². The zero-order chi connectivity index (χ0) is 17.0. The van der Waals surface area contributed by atoms with Crippen molar-refractivity contribution in [2.45, 2.75) is 71.6 Å². The van der Waals surface area contributed by atoms with Crippen LogP contribution >= 0.6 is 24.0 Å². The van der Waals surface area contributed by atoms with E-state index >= 15 is 0 Å². The lowest BCUT2D eigenvalue weighted by Crippen LogP contribution is -2.51. The Morgan fingerprint density at radius 2 is 2.04 bits per heavy atom. The fourth-order valence-electron chi connectivity index (χ4n) is 3.86. The van der Waals surface area contributed by atoms with Crippen molar-refractivity contribution in [1.29, 1.82) is 0 Å². The Labute approximate surface area is 165 Å². The second-order valence-corrected chi connectivity index (χ2v) is 8.12. The van der Waals surface area contributed by atoms with Crippen molar-refractivity contribution in [3.05, 3.63) is 0 Å². The molecule has 24 heavy (non-hydrogen) atoms. The Morgan fingerprint density at radius 1 is 1.33 bits per heavy atom. The van der Waals surface area contributed by atoms with E-state index in [4.69, 9.17) is 0 Å².